The first-order valence-electron chi connectivity index (χ1n) is 14.7. The highest BCUT2D eigenvalue weighted by atomic mass is 19.4. The second kappa shape index (κ2) is 12.9. The van der Waals surface area contributed by atoms with Gasteiger partial charge in [-0.15, -0.1) is 0 Å². The number of nitrogens with zero attached hydrogens (tertiary/aromatic N) is 3. The summed E-state index contributed by atoms with van der Waals surface area (Å²) in [6.07, 6.45) is 0.629. The van der Waals surface area contributed by atoms with Gasteiger partial charge in [0.2, 0.25) is 5.91 Å². The lowest BCUT2D eigenvalue weighted by atomic mass is 10.0. The van der Waals surface area contributed by atoms with Gasteiger partial charge in [0.1, 0.15) is 11.9 Å². The number of nitrogens with one attached hydrogen (secondary N) is 3. The van der Waals surface area contributed by atoms with Gasteiger partial charge in [0, 0.05) is 79.2 Å². The molecule has 236 valence electrons. The van der Waals surface area contributed by atoms with Gasteiger partial charge in [-0.3, -0.25) is 14.6 Å². The zero-order valence-electron chi connectivity index (χ0n) is 24.5. The largest absolute Gasteiger partial charge is 0.416 e. The number of H-pyrrole nitrogens is 1. The lowest BCUT2D eigenvalue weighted by molar-refractivity contribution is -0.137. The third kappa shape index (κ3) is 6.80. The fraction of sp³-hybridized carbons (Fsp3) is 0.206. The smallest absolute Gasteiger partial charge is 0.368 e. The Hall–Kier alpha value is -5.39. The van der Waals surface area contributed by atoms with Crippen LogP contribution < -0.4 is 20.4 Å². The summed E-state index contributed by atoms with van der Waals surface area (Å²) in [6, 6.07) is 19.2. The lowest BCUT2D eigenvalue weighted by Crippen LogP contribution is -2.46. The summed E-state index contributed by atoms with van der Waals surface area (Å²) in [6.45, 7) is 2.07. The molecule has 3 heterocycles. The number of hydrogen-bond acceptors (Lipinski definition) is 5. The Kier molecular flexibility index (Phi) is 8.60. The van der Waals surface area contributed by atoms with E-state index in [9.17, 15) is 22.8 Å². The van der Waals surface area contributed by atoms with Gasteiger partial charge in [0.15, 0.2) is 0 Å². The molecule has 0 aliphatic carbocycles. The highest BCUT2D eigenvalue weighted by molar-refractivity contribution is 6.02. The monoisotopic (exact) mass is 630 g/mol. The van der Waals surface area contributed by atoms with Gasteiger partial charge >= 0.3 is 6.18 Å². The molecule has 5 aromatic rings. The van der Waals surface area contributed by atoms with E-state index in [1.54, 1.807) is 24.4 Å². The molecule has 0 unspecified atom stereocenters. The van der Waals surface area contributed by atoms with Crippen LogP contribution in [0, 0.1) is 5.82 Å². The molecule has 3 N–H and O–H groups in total. The van der Waals surface area contributed by atoms with Crippen molar-refractivity contribution in [3.05, 3.63) is 120 Å². The van der Waals surface area contributed by atoms with E-state index in [1.807, 2.05) is 34.1 Å². The van der Waals surface area contributed by atoms with Crippen LogP contribution in [-0.4, -0.2) is 54.0 Å². The van der Waals surface area contributed by atoms with E-state index < -0.39 is 35.4 Å². The number of benzene rings is 3. The first kappa shape index (κ1) is 30.6. The summed E-state index contributed by atoms with van der Waals surface area (Å²) >= 11 is 0. The lowest BCUT2D eigenvalue weighted by Gasteiger charge is -2.37. The molecular weight excluding hydrogens is 600 g/mol. The van der Waals surface area contributed by atoms with Crippen molar-refractivity contribution in [3.8, 4) is 0 Å². The number of alkyl halides is 3. The minimum absolute atomic E-state index is 0.162. The highest BCUT2D eigenvalue weighted by Gasteiger charge is 2.30. The molecule has 1 saturated heterocycles. The van der Waals surface area contributed by atoms with E-state index in [0.29, 0.717) is 43.2 Å². The Morgan fingerprint density at radius 1 is 0.870 bits per heavy atom. The standard InChI is InChI=1S/C34H30F4N6O2/c35-29-20-26(44-17-15-43(16-18-44)25-7-5-23(6-8-25)34(36,37)38)9-10-28(29)32(45)42-31(33(46)41-24-11-13-39-14-12-24)19-22-21-40-30-4-2-1-3-27(22)30/h1-14,20-21,31,40H,15-19H2,(H,42,45)(H,39,41,46)/t31-/m1/s1. The summed E-state index contributed by atoms with van der Waals surface area (Å²) in [7, 11) is 0. The molecule has 2 aromatic heterocycles. The minimum atomic E-state index is -4.39. The molecule has 2 amide bonds. The van der Waals surface area contributed by atoms with E-state index in [0.717, 1.165) is 28.6 Å². The van der Waals surface area contributed by atoms with Crippen molar-refractivity contribution in [3.63, 3.8) is 0 Å². The predicted molar refractivity (Wildman–Crippen MR) is 168 cm³/mol. The fourth-order valence-electron chi connectivity index (χ4n) is 5.60. The zero-order chi connectivity index (χ0) is 32.3. The molecule has 0 radical (unpaired) electrons. The second-order valence-corrected chi connectivity index (χ2v) is 11.0. The van der Waals surface area contributed by atoms with Crippen LogP contribution in [-0.2, 0) is 17.4 Å². The van der Waals surface area contributed by atoms with Crippen LogP contribution in [0.2, 0.25) is 0 Å². The molecule has 1 aliphatic heterocycles. The number of para-hydroxylation sites is 1. The van der Waals surface area contributed by atoms with Crippen LogP contribution in [0.1, 0.15) is 21.5 Å². The molecule has 8 nitrogen and oxygen atoms in total. The molecule has 1 aliphatic rings. The maximum Gasteiger partial charge on any atom is 0.416 e. The van der Waals surface area contributed by atoms with Gasteiger partial charge in [-0.1, -0.05) is 18.2 Å². The quantitative estimate of drug-likeness (QED) is 0.182. The van der Waals surface area contributed by atoms with Crippen LogP contribution in [0.15, 0.2) is 97.5 Å². The number of fused-ring (bicyclic) bond motifs is 1. The van der Waals surface area contributed by atoms with Gasteiger partial charge < -0.3 is 25.4 Å². The van der Waals surface area contributed by atoms with E-state index in [4.69, 9.17) is 0 Å². The molecule has 1 fully saturated rings. The normalized spacial score (nSPS) is 14.3. The maximum atomic E-state index is 15.4. The number of amides is 2. The molecule has 6 rings (SSSR count). The number of carbonyl (C=O) groups is 2. The Morgan fingerprint density at radius 3 is 2.20 bits per heavy atom. The van der Waals surface area contributed by atoms with Crippen molar-refractivity contribution >= 4 is 39.8 Å². The Balaban J connectivity index is 1.13. The average Bonchev–Trinajstić information content (AvgIpc) is 3.47. The average molecular weight is 631 g/mol. The van der Waals surface area contributed by atoms with Crippen molar-refractivity contribution in [1.29, 1.82) is 0 Å². The molecule has 12 heteroatoms. The number of hydrogen-bond donors (Lipinski definition) is 3. The zero-order valence-corrected chi connectivity index (χ0v) is 24.5. The molecule has 3 aromatic carbocycles. The number of halogens is 4. The second-order valence-electron chi connectivity index (χ2n) is 11.0. The van der Waals surface area contributed by atoms with Crippen molar-refractivity contribution < 1.29 is 27.2 Å². The van der Waals surface area contributed by atoms with Crippen LogP contribution in [0.3, 0.4) is 0 Å². The first-order valence-corrected chi connectivity index (χ1v) is 14.7. The third-order valence-corrected chi connectivity index (χ3v) is 8.07. The highest BCUT2D eigenvalue weighted by Crippen LogP contribution is 2.31. The predicted octanol–water partition coefficient (Wildman–Crippen LogP) is 6.03. The minimum Gasteiger partial charge on any atom is -0.368 e. The summed E-state index contributed by atoms with van der Waals surface area (Å²) in [4.78, 5) is 37.8. The molecule has 1 atom stereocenters. The number of piperazine rings is 1. The number of carbonyl (C=O) groups excluding carboxylic acids is 2. The molecule has 0 spiro atoms. The van der Waals surface area contributed by atoms with E-state index in [-0.39, 0.29) is 12.0 Å². The van der Waals surface area contributed by atoms with Crippen LogP contribution in [0.4, 0.5) is 34.6 Å². The molecular formula is C34H30F4N6O2. The van der Waals surface area contributed by atoms with Gasteiger partial charge in [-0.05, 0) is 66.2 Å². The van der Waals surface area contributed by atoms with Gasteiger partial charge in [-0.25, -0.2) is 4.39 Å². The Bertz CT molecular complexity index is 1830. The van der Waals surface area contributed by atoms with Crippen molar-refractivity contribution in [2.45, 2.75) is 18.6 Å². The third-order valence-electron chi connectivity index (χ3n) is 8.07. The van der Waals surface area contributed by atoms with E-state index in [1.165, 1.54) is 36.7 Å². The number of anilines is 3. The van der Waals surface area contributed by atoms with Crippen molar-refractivity contribution in [2.75, 3.05) is 41.3 Å². The SMILES string of the molecule is O=C(N[C@H](Cc1c[nH]c2ccccc12)C(=O)Nc1ccncc1)c1ccc(N2CCN(c3ccc(C(F)(F)F)cc3)CC2)cc1F. The van der Waals surface area contributed by atoms with Gasteiger partial charge in [0.25, 0.3) is 5.91 Å². The molecule has 0 saturated carbocycles. The number of aromatic nitrogens is 2. The van der Waals surface area contributed by atoms with Crippen molar-refractivity contribution in [1.82, 2.24) is 15.3 Å². The molecule has 0 bridgehead atoms. The van der Waals surface area contributed by atoms with Gasteiger partial charge in [-0.2, -0.15) is 13.2 Å². The molecule has 46 heavy (non-hydrogen) atoms. The van der Waals surface area contributed by atoms with Crippen molar-refractivity contribution in [2.24, 2.45) is 0 Å². The Labute approximate surface area is 262 Å². The fourth-order valence-corrected chi connectivity index (χ4v) is 5.60. The van der Waals surface area contributed by atoms with E-state index in [2.05, 4.69) is 20.6 Å². The van der Waals surface area contributed by atoms with Crippen LogP contribution in [0.5, 0.6) is 0 Å². The van der Waals surface area contributed by atoms with Gasteiger partial charge in [0.05, 0.1) is 11.1 Å². The number of pyridine rings is 1. The summed E-state index contributed by atoms with van der Waals surface area (Å²) < 4.78 is 54.2. The number of aromatic amines is 1. The first-order chi connectivity index (χ1) is 22.2. The number of rotatable bonds is 8. The summed E-state index contributed by atoms with van der Waals surface area (Å²) in [5.74, 6) is -1.93. The topological polar surface area (TPSA) is 93.4 Å². The maximum absolute atomic E-state index is 15.4. The summed E-state index contributed by atoms with van der Waals surface area (Å²) in [5.41, 5.74) is 2.57. The van der Waals surface area contributed by atoms with Crippen LogP contribution in [0.25, 0.3) is 10.9 Å². The van der Waals surface area contributed by atoms with E-state index >= 15 is 4.39 Å². The Morgan fingerprint density at radius 2 is 1.52 bits per heavy atom. The van der Waals surface area contributed by atoms with Crippen LogP contribution >= 0.6 is 0 Å². The summed E-state index contributed by atoms with van der Waals surface area (Å²) in [5, 5.41) is 6.42.